The van der Waals surface area contributed by atoms with E-state index in [0.717, 1.165) is 19.4 Å². The van der Waals surface area contributed by atoms with Crippen molar-refractivity contribution in [2.75, 3.05) is 34.2 Å². The van der Waals surface area contributed by atoms with Crippen molar-refractivity contribution in [2.45, 2.75) is 57.9 Å². The standard InChI is InChI=1S/C16H33N3O/c1-15(2,11-12-17)10-7-14(20)19(5)13-16(18(3)4)8-6-9-16/h6-13,17H2,1-5H3. The van der Waals surface area contributed by atoms with Gasteiger partial charge in [0.1, 0.15) is 0 Å². The molecular formula is C16H33N3O. The fourth-order valence-corrected chi connectivity index (χ4v) is 3.01. The van der Waals surface area contributed by atoms with Crippen molar-refractivity contribution >= 4 is 5.91 Å². The minimum absolute atomic E-state index is 0.168. The van der Waals surface area contributed by atoms with Gasteiger partial charge in [-0.3, -0.25) is 4.79 Å². The first-order valence-electron chi connectivity index (χ1n) is 7.84. The fraction of sp³-hybridized carbons (Fsp3) is 0.938. The molecule has 4 heteroatoms. The second-order valence-electron chi connectivity index (χ2n) is 7.43. The lowest BCUT2D eigenvalue weighted by Crippen LogP contribution is -2.57. The molecule has 118 valence electrons. The Morgan fingerprint density at radius 3 is 2.20 bits per heavy atom. The molecule has 0 spiro atoms. The van der Waals surface area contributed by atoms with Gasteiger partial charge in [-0.1, -0.05) is 13.8 Å². The van der Waals surface area contributed by atoms with E-state index in [1.54, 1.807) is 0 Å². The van der Waals surface area contributed by atoms with Crippen LogP contribution in [0, 0.1) is 5.41 Å². The van der Waals surface area contributed by atoms with E-state index < -0.39 is 0 Å². The highest BCUT2D eigenvalue weighted by Crippen LogP contribution is 2.36. The predicted molar refractivity (Wildman–Crippen MR) is 84.6 cm³/mol. The van der Waals surface area contributed by atoms with Crippen molar-refractivity contribution in [2.24, 2.45) is 11.1 Å². The summed E-state index contributed by atoms with van der Waals surface area (Å²) < 4.78 is 0. The summed E-state index contributed by atoms with van der Waals surface area (Å²) in [6.45, 7) is 5.94. The highest BCUT2D eigenvalue weighted by atomic mass is 16.2. The van der Waals surface area contributed by atoms with Gasteiger partial charge in [0, 0.05) is 25.6 Å². The summed E-state index contributed by atoms with van der Waals surface area (Å²) in [5.74, 6) is 0.267. The number of rotatable bonds is 8. The summed E-state index contributed by atoms with van der Waals surface area (Å²) in [5, 5.41) is 0. The lowest BCUT2D eigenvalue weighted by Gasteiger charge is -2.49. The van der Waals surface area contributed by atoms with E-state index in [1.165, 1.54) is 19.3 Å². The molecule has 1 aliphatic rings. The Balaban J connectivity index is 2.43. The molecule has 0 aromatic carbocycles. The Morgan fingerprint density at radius 2 is 1.80 bits per heavy atom. The Morgan fingerprint density at radius 1 is 1.20 bits per heavy atom. The van der Waals surface area contributed by atoms with Gasteiger partial charge in [-0.2, -0.15) is 0 Å². The van der Waals surface area contributed by atoms with Crippen LogP contribution in [0.25, 0.3) is 0 Å². The molecule has 0 heterocycles. The average Bonchev–Trinajstić information content (AvgIpc) is 2.30. The molecule has 1 fully saturated rings. The van der Waals surface area contributed by atoms with Crippen molar-refractivity contribution in [1.29, 1.82) is 0 Å². The Bertz CT molecular complexity index is 322. The van der Waals surface area contributed by atoms with Gasteiger partial charge in [0.2, 0.25) is 5.91 Å². The van der Waals surface area contributed by atoms with Gasteiger partial charge in [-0.05, 0) is 58.2 Å². The normalized spacial score (nSPS) is 17.9. The lowest BCUT2D eigenvalue weighted by molar-refractivity contribution is -0.133. The smallest absolute Gasteiger partial charge is 0.222 e. The maximum atomic E-state index is 12.3. The van der Waals surface area contributed by atoms with Crippen molar-refractivity contribution in [3.63, 3.8) is 0 Å². The van der Waals surface area contributed by atoms with Crippen molar-refractivity contribution in [1.82, 2.24) is 9.80 Å². The van der Waals surface area contributed by atoms with Gasteiger partial charge < -0.3 is 15.5 Å². The molecule has 0 aromatic rings. The second kappa shape index (κ2) is 6.90. The molecule has 2 N–H and O–H groups in total. The molecule has 0 radical (unpaired) electrons. The van der Waals surface area contributed by atoms with Crippen LogP contribution in [0.2, 0.25) is 0 Å². The third-order valence-electron chi connectivity index (χ3n) is 5.03. The van der Waals surface area contributed by atoms with Crippen LogP contribution < -0.4 is 5.73 Å². The first-order chi connectivity index (χ1) is 9.22. The monoisotopic (exact) mass is 283 g/mol. The maximum Gasteiger partial charge on any atom is 0.222 e. The molecule has 0 unspecified atom stereocenters. The van der Waals surface area contributed by atoms with Crippen LogP contribution in [0.3, 0.4) is 0 Å². The van der Waals surface area contributed by atoms with Crippen LogP contribution in [0.15, 0.2) is 0 Å². The van der Waals surface area contributed by atoms with E-state index >= 15 is 0 Å². The van der Waals surface area contributed by atoms with E-state index in [4.69, 9.17) is 5.73 Å². The third-order valence-corrected chi connectivity index (χ3v) is 5.03. The molecule has 20 heavy (non-hydrogen) atoms. The molecule has 1 amide bonds. The van der Waals surface area contributed by atoms with Crippen LogP contribution in [0.4, 0.5) is 0 Å². The highest BCUT2D eigenvalue weighted by Gasteiger charge is 2.40. The zero-order valence-corrected chi connectivity index (χ0v) is 14.0. The number of nitrogens with zero attached hydrogens (tertiary/aromatic N) is 2. The second-order valence-corrected chi connectivity index (χ2v) is 7.43. The number of carbonyl (C=O) groups is 1. The summed E-state index contributed by atoms with van der Waals surface area (Å²) in [6, 6.07) is 0. The molecule has 1 rings (SSSR count). The number of hydrogen-bond donors (Lipinski definition) is 1. The largest absolute Gasteiger partial charge is 0.344 e. The van der Waals surface area contributed by atoms with Crippen LogP contribution in [0.1, 0.15) is 52.4 Å². The van der Waals surface area contributed by atoms with E-state index in [0.29, 0.717) is 13.0 Å². The first-order valence-corrected chi connectivity index (χ1v) is 7.84. The summed E-state index contributed by atoms with van der Waals surface area (Å²) in [6.07, 6.45) is 6.22. The van der Waals surface area contributed by atoms with E-state index in [-0.39, 0.29) is 16.9 Å². The Hall–Kier alpha value is -0.610. The summed E-state index contributed by atoms with van der Waals surface area (Å²) in [4.78, 5) is 16.5. The van der Waals surface area contributed by atoms with Crippen molar-refractivity contribution in [3.8, 4) is 0 Å². The molecular weight excluding hydrogens is 250 g/mol. The van der Waals surface area contributed by atoms with Crippen LogP contribution in [0.5, 0.6) is 0 Å². The SMILES string of the molecule is CN(CC1(N(C)C)CCC1)C(=O)CCC(C)(C)CCN. The number of nitrogens with two attached hydrogens (primary N) is 1. The lowest BCUT2D eigenvalue weighted by atomic mass is 9.75. The fourth-order valence-electron chi connectivity index (χ4n) is 3.01. The minimum atomic E-state index is 0.168. The average molecular weight is 283 g/mol. The number of likely N-dealkylation sites (N-methyl/N-ethyl adjacent to an activating group) is 2. The number of amides is 1. The van der Waals surface area contributed by atoms with Gasteiger partial charge in [0.05, 0.1) is 0 Å². The topological polar surface area (TPSA) is 49.6 Å². The molecule has 0 saturated heterocycles. The zero-order chi connectivity index (χ0) is 15.4. The van der Waals surface area contributed by atoms with Gasteiger partial charge >= 0.3 is 0 Å². The molecule has 0 aromatic heterocycles. The highest BCUT2D eigenvalue weighted by molar-refractivity contribution is 5.76. The maximum absolute atomic E-state index is 12.3. The zero-order valence-electron chi connectivity index (χ0n) is 14.0. The van der Waals surface area contributed by atoms with Crippen LogP contribution >= 0.6 is 0 Å². The number of carbonyl (C=O) groups excluding carboxylic acids is 1. The Labute approximate surface area is 124 Å². The molecule has 1 saturated carbocycles. The molecule has 0 bridgehead atoms. The predicted octanol–water partition coefficient (Wildman–Crippen LogP) is 2.08. The Kier molecular flexibility index (Phi) is 6.02. The summed E-state index contributed by atoms with van der Waals surface area (Å²) in [5.41, 5.74) is 6.01. The van der Waals surface area contributed by atoms with E-state index in [1.807, 2.05) is 11.9 Å². The molecule has 0 aliphatic heterocycles. The van der Waals surface area contributed by atoms with Crippen molar-refractivity contribution < 1.29 is 4.79 Å². The molecule has 4 nitrogen and oxygen atoms in total. The third kappa shape index (κ3) is 4.45. The van der Waals surface area contributed by atoms with Gasteiger partial charge in [-0.15, -0.1) is 0 Å². The quantitative estimate of drug-likeness (QED) is 0.742. The number of hydrogen-bond acceptors (Lipinski definition) is 3. The summed E-state index contributed by atoms with van der Waals surface area (Å²) >= 11 is 0. The van der Waals surface area contributed by atoms with Crippen LogP contribution in [-0.2, 0) is 4.79 Å². The first kappa shape index (κ1) is 17.4. The van der Waals surface area contributed by atoms with Gasteiger partial charge in [0.25, 0.3) is 0 Å². The van der Waals surface area contributed by atoms with Crippen molar-refractivity contribution in [3.05, 3.63) is 0 Å². The molecule has 1 aliphatic carbocycles. The van der Waals surface area contributed by atoms with E-state index in [9.17, 15) is 4.79 Å². The van der Waals surface area contributed by atoms with Gasteiger partial charge in [0.15, 0.2) is 0 Å². The van der Waals surface area contributed by atoms with Crippen LogP contribution in [-0.4, -0.2) is 55.5 Å². The van der Waals surface area contributed by atoms with E-state index in [2.05, 4.69) is 32.8 Å². The minimum Gasteiger partial charge on any atom is -0.344 e. The van der Waals surface area contributed by atoms with Gasteiger partial charge in [-0.25, -0.2) is 0 Å². The molecule has 0 atom stereocenters. The summed E-state index contributed by atoms with van der Waals surface area (Å²) in [7, 11) is 6.20.